The van der Waals surface area contributed by atoms with Gasteiger partial charge in [0.2, 0.25) is 0 Å². The lowest BCUT2D eigenvalue weighted by molar-refractivity contribution is 0.531. The molecule has 0 N–H and O–H groups in total. The van der Waals surface area contributed by atoms with Crippen molar-refractivity contribution in [3.8, 4) is 0 Å². The van der Waals surface area contributed by atoms with E-state index in [9.17, 15) is 0 Å². The summed E-state index contributed by atoms with van der Waals surface area (Å²) in [5.41, 5.74) is 1.52. The van der Waals surface area contributed by atoms with Crippen LogP contribution >= 0.6 is 0 Å². The van der Waals surface area contributed by atoms with E-state index in [4.69, 9.17) is 0 Å². The third kappa shape index (κ3) is 15.7. The summed E-state index contributed by atoms with van der Waals surface area (Å²) in [6, 6.07) is 13.7. The van der Waals surface area contributed by atoms with Crippen LogP contribution in [0.5, 0.6) is 0 Å². The Balaban J connectivity index is 1.68. The largest absolute Gasteiger partial charge is 0.0654 e. The number of hydrogen-bond donors (Lipinski definition) is 0. The highest BCUT2D eigenvalue weighted by atomic mass is 28.2. The van der Waals surface area contributed by atoms with Gasteiger partial charge in [0, 0.05) is 9.52 Å². The Morgan fingerprint density at radius 2 is 0.962 bits per heavy atom. The summed E-state index contributed by atoms with van der Waals surface area (Å²) in [6.45, 7) is 2.30. The molecule has 0 heterocycles. The lowest BCUT2D eigenvalue weighted by atomic mass is 10.0. The van der Waals surface area contributed by atoms with E-state index in [1.807, 2.05) is 0 Å². The Kier molecular flexibility index (Phi) is 17.3. The molecule has 2 radical (unpaired) electrons. The summed E-state index contributed by atoms with van der Waals surface area (Å²) in [4.78, 5) is 0. The topological polar surface area (TPSA) is 0 Å². The van der Waals surface area contributed by atoms with Crippen molar-refractivity contribution >= 4 is 9.52 Å². The van der Waals surface area contributed by atoms with Crippen LogP contribution in [-0.4, -0.2) is 9.52 Å². The molecule has 0 fully saturated rings. The quantitative estimate of drug-likeness (QED) is 0.168. The Bertz CT molecular complexity index is 373. The molecule has 0 aliphatic heterocycles. The average Bonchev–Trinajstić information content (AvgIpc) is 2.68. The van der Waals surface area contributed by atoms with E-state index in [0.29, 0.717) is 0 Å². The molecule has 0 saturated heterocycles. The second-order valence-corrected chi connectivity index (χ2v) is 9.32. The first-order valence-corrected chi connectivity index (χ1v) is 13.1. The van der Waals surface area contributed by atoms with Crippen LogP contribution in [0.25, 0.3) is 0 Å². The third-order valence-corrected chi connectivity index (χ3v) is 6.74. The van der Waals surface area contributed by atoms with Gasteiger partial charge in [0.25, 0.3) is 0 Å². The summed E-state index contributed by atoms with van der Waals surface area (Å²) < 4.78 is 0. The highest BCUT2D eigenvalue weighted by molar-refractivity contribution is 6.34. The monoisotopic (exact) mass is 372 g/mol. The molecule has 0 saturated carbocycles. The predicted molar refractivity (Wildman–Crippen MR) is 120 cm³/mol. The summed E-state index contributed by atoms with van der Waals surface area (Å²) in [5, 5.41) is 0. The van der Waals surface area contributed by atoms with Gasteiger partial charge in [-0.15, -0.1) is 0 Å². The molecule has 0 aromatic heterocycles. The maximum Gasteiger partial charge on any atom is 0.0428 e. The Hall–Kier alpha value is -0.563. The van der Waals surface area contributed by atoms with E-state index in [1.54, 1.807) is 0 Å². The van der Waals surface area contributed by atoms with Crippen molar-refractivity contribution < 1.29 is 0 Å². The molecule has 26 heavy (non-hydrogen) atoms. The standard InChI is InChI=1S/C25H44Si/c1-2-3-4-5-6-7-8-9-10-11-12-13-14-15-16-20-23-26-24-25-21-18-17-19-22-25/h17-19,21-22H,2-16,20,23-24H2,1H3. The first kappa shape index (κ1) is 23.5. The van der Waals surface area contributed by atoms with Crippen LogP contribution in [0.1, 0.15) is 115 Å². The van der Waals surface area contributed by atoms with E-state index in [-0.39, 0.29) is 0 Å². The van der Waals surface area contributed by atoms with Crippen molar-refractivity contribution in [1.82, 2.24) is 0 Å². The van der Waals surface area contributed by atoms with Crippen LogP contribution in [0.15, 0.2) is 30.3 Å². The van der Waals surface area contributed by atoms with E-state index >= 15 is 0 Å². The van der Waals surface area contributed by atoms with Gasteiger partial charge in [-0.3, -0.25) is 0 Å². The summed E-state index contributed by atoms with van der Waals surface area (Å²) in [7, 11) is 1.12. The smallest absolute Gasteiger partial charge is 0.0428 e. The minimum Gasteiger partial charge on any atom is -0.0654 e. The first-order chi connectivity index (χ1) is 12.9. The Morgan fingerprint density at radius 3 is 1.42 bits per heavy atom. The molecule has 0 aliphatic carbocycles. The minimum atomic E-state index is 1.12. The van der Waals surface area contributed by atoms with Gasteiger partial charge in [-0.1, -0.05) is 152 Å². The molecular weight excluding hydrogens is 328 g/mol. The van der Waals surface area contributed by atoms with Gasteiger partial charge in [0.15, 0.2) is 0 Å². The fourth-order valence-electron chi connectivity index (χ4n) is 3.63. The molecule has 0 nitrogen and oxygen atoms in total. The molecule has 0 amide bonds. The van der Waals surface area contributed by atoms with Crippen LogP contribution in [0.2, 0.25) is 6.04 Å². The van der Waals surface area contributed by atoms with Crippen LogP contribution in [0.3, 0.4) is 0 Å². The lowest BCUT2D eigenvalue weighted by Crippen LogP contribution is -1.96. The molecule has 0 aliphatic rings. The molecule has 0 unspecified atom stereocenters. The number of benzene rings is 1. The summed E-state index contributed by atoms with van der Waals surface area (Å²) in [6.07, 6.45) is 23.4. The van der Waals surface area contributed by atoms with Gasteiger partial charge < -0.3 is 0 Å². The fraction of sp³-hybridized carbons (Fsp3) is 0.760. The van der Waals surface area contributed by atoms with Gasteiger partial charge >= 0.3 is 0 Å². The van der Waals surface area contributed by atoms with Gasteiger partial charge in [-0.2, -0.15) is 0 Å². The second-order valence-electron chi connectivity index (χ2n) is 7.97. The van der Waals surface area contributed by atoms with Gasteiger partial charge in [0.05, 0.1) is 0 Å². The maximum absolute atomic E-state index is 2.30. The zero-order valence-electron chi connectivity index (χ0n) is 17.6. The van der Waals surface area contributed by atoms with Crippen molar-refractivity contribution in [1.29, 1.82) is 0 Å². The van der Waals surface area contributed by atoms with E-state index in [2.05, 4.69) is 37.3 Å². The zero-order chi connectivity index (χ0) is 18.5. The van der Waals surface area contributed by atoms with Gasteiger partial charge in [-0.05, 0) is 6.04 Å². The van der Waals surface area contributed by atoms with Crippen molar-refractivity contribution in [2.75, 3.05) is 0 Å². The summed E-state index contributed by atoms with van der Waals surface area (Å²) in [5.74, 6) is 0. The maximum atomic E-state index is 2.30. The van der Waals surface area contributed by atoms with Crippen LogP contribution in [0.4, 0.5) is 0 Å². The molecule has 1 rings (SSSR count). The van der Waals surface area contributed by atoms with Crippen LogP contribution in [-0.2, 0) is 6.04 Å². The van der Waals surface area contributed by atoms with Gasteiger partial charge in [0.1, 0.15) is 0 Å². The zero-order valence-corrected chi connectivity index (χ0v) is 18.6. The predicted octanol–water partition coefficient (Wildman–Crippen LogP) is 8.57. The van der Waals surface area contributed by atoms with Crippen molar-refractivity contribution in [3.05, 3.63) is 35.9 Å². The Labute approximate surface area is 167 Å². The number of unbranched alkanes of at least 4 members (excludes halogenated alkanes) is 15. The van der Waals surface area contributed by atoms with E-state index in [0.717, 1.165) is 9.52 Å². The molecule has 1 heteroatoms. The normalized spacial score (nSPS) is 11.1. The minimum absolute atomic E-state index is 1.12. The molecule has 1 aromatic rings. The fourth-order valence-corrected chi connectivity index (χ4v) is 4.83. The third-order valence-electron chi connectivity index (χ3n) is 5.38. The summed E-state index contributed by atoms with van der Waals surface area (Å²) >= 11 is 0. The lowest BCUT2D eigenvalue weighted by Gasteiger charge is -2.04. The molecule has 0 spiro atoms. The second kappa shape index (κ2) is 19.2. The van der Waals surface area contributed by atoms with Crippen molar-refractivity contribution in [2.24, 2.45) is 0 Å². The average molecular weight is 373 g/mol. The van der Waals surface area contributed by atoms with Crippen molar-refractivity contribution in [2.45, 2.75) is 122 Å². The number of hydrogen-bond acceptors (Lipinski definition) is 0. The SMILES string of the molecule is CCCCCCCCCCCCCCCCCC[Si]Cc1ccccc1. The van der Waals surface area contributed by atoms with Crippen molar-refractivity contribution in [3.63, 3.8) is 0 Å². The van der Waals surface area contributed by atoms with E-state index < -0.39 is 0 Å². The molecule has 0 bridgehead atoms. The van der Waals surface area contributed by atoms with E-state index in [1.165, 1.54) is 120 Å². The van der Waals surface area contributed by atoms with Crippen LogP contribution < -0.4 is 0 Å². The number of rotatable bonds is 19. The molecule has 148 valence electrons. The molecular formula is C25H44Si. The van der Waals surface area contributed by atoms with Crippen LogP contribution in [0, 0.1) is 0 Å². The van der Waals surface area contributed by atoms with Gasteiger partial charge in [-0.25, -0.2) is 0 Å². The molecule has 1 aromatic carbocycles. The Morgan fingerprint density at radius 1 is 0.538 bits per heavy atom. The highest BCUT2D eigenvalue weighted by Crippen LogP contribution is 2.14. The first-order valence-electron chi connectivity index (χ1n) is 11.7. The molecule has 0 atom stereocenters. The highest BCUT2D eigenvalue weighted by Gasteiger charge is 1.96.